The number of amides is 2. The van der Waals surface area contributed by atoms with Crippen LogP contribution in [0, 0.1) is 0 Å². The molecule has 0 aliphatic heterocycles. The molecule has 0 aliphatic rings. The number of nitrogens with one attached hydrogen (secondary N) is 4. The van der Waals surface area contributed by atoms with Crippen LogP contribution in [0.25, 0.3) is 22.5 Å². The van der Waals surface area contributed by atoms with Gasteiger partial charge in [0, 0.05) is 55.3 Å². The Morgan fingerprint density at radius 2 is 1.23 bits per heavy atom. The molecule has 10 heteroatoms. The van der Waals surface area contributed by atoms with Gasteiger partial charge in [0.1, 0.15) is 17.4 Å². The molecule has 4 aromatic rings. The van der Waals surface area contributed by atoms with E-state index in [1.54, 1.807) is 42.5 Å². The fraction of sp³-hybridized carbons (Fsp3) is 0.172. The third-order valence-corrected chi connectivity index (χ3v) is 5.95. The highest BCUT2D eigenvalue weighted by atomic mass is 35.5. The van der Waals surface area contributed by atoms with E-state index < -0.39 is 0 Å². The van der Waals surface area contributed by atoms with E-state index in [2.05, 4.69) is 31.2 Å². The van der Waals surface area contributed by atoms with Crippen LogP contribution in [0.4, 0.5) is 11.6 Å². The highest BCUT2D eigenvalue weighted by Gasteiger charge is 2.09. The van der Waals surface area contributed by atoms with Crippen LogP contribution in [-0.4, -0.2) is 53.1 Å². The molecule has 1 heterocycles. The predicted octanol–water partition coefficient (Wildman–Crippen LogP) is 4.56. The zero-order valence-electron chi connectivity index (χ0n) is 21.4. The first-order valence-electron chi connectivity index (χ1n) is 12.4. The summed E-state index contributed by atoms with van der Waals surface area (Å²) in [6.07, 6.45) is 0. The molecule has 1 aromatic heterocycles. The number of phenols is 1. The van der Waals surface area contributed by atoms with Crippen molar-refractivity contribution in [2.24, 2.45) is 0 Å². The number of rotatable bonds is 11. The molecule has 200 valence electrons. The minimum absolute atomic E-state index is 0.0981. The smallest absolute Gasteiger partial charge is 0.251 e. The molecule has 39 heavy (non-hydrogen) atoms. The number of halogens is 1. The number of carbonyl (C=O) groups excluding carboxylic acids is 2. The lowest BCUT2D eigenvalue weighted by Gasteiger charge is -2.12. The SMILES string of the molecule is CC(=O)NCCNc1cc(NCCNC(=O)c2ccc(-c3ccc(O)cc3)cc2)nc(-c2ccc(Cl)cc2)n1. The Kier molecular flexibility index (Phi) is 9.31. The number of anilines is 2. The Morgan fingerprint density at radius 3 is 1.79 bits per heavy atom. The normalized spacial score (nSPS) is 10.5. The second-order valence-corrected chi connectivity index (χ2v) is 9.12. The van der Waals surface area contributed by atoms with Crippen LogP contribution in [0.3, 0.4) is 0 Å². The second-order valence-electron chi connectivity index (χ2n) is 8.69. The standard InChI is InChI=1S/C29H29ClN6O3/c1-19(37)31-14-15-32-26-18-27(36-28(35-26)22-6-10-24(30)11-7-22)33-16-17-34-29(39)23-4-2-20(3-5-23)21-8-12-25(38)13-9-21/h2-13,18,38H,14-17H2,1H3,(H,31,37)(H,34,39)(H2,32,33,35,36). The van der Waals surface area contributed by atoms with Crippen molar-refractivity contribution in [1.82, 2.24) is 20.6 Å². The number of hydrogen-bond acceptors (Lipinski definition) is 7. The topological polar surface area (TPSA) is 128 Å². The van der Waals surface area contributed by atoms with E-state index >= 15 is 0 Å². The molecule has 3 aromatic carbocycles. The number of phenolic OH excluding ortho intramolecular Hbond substituents is 1. The molecule has 0 atom stereocenters. The van der Waals surface area contributed by atoms with Gasteiger partial charge in [-0.15, -0.1) is 0 Å². The van der Waals surface area contributed by atoms with Gasteiger partial charge in [-0.25, -0.2) is 9.97 Å². The first-order valence-corrected chi connectivity index (χ1v) is 12.8. The minimum Gasteiger partial charge on any atom is -0.508 e. The van der Waals surface area contributed by atoms with Crippen LogP contribution in [0.15, 0.2) is 78.9 Å². The van der Waals surface area contributed by atoms with Crippen molar-refractivity contribution in [3.05, 3.63) is 89.4 Å². The van der Waals surface area contributed by atoms with E-state index in [1.165, 1.54) is 6.92 Å². The van der Waals surface area contributed by atoms with Crippen LogP contribution >= 0.6 is 11.6 Å². The maximum Gasteiger partial charge on any atom is 0.251 e. The summed E-state index contributed by atoms with van der Waals surface area (Å²) >= 11 is 6.02. The van der Waals surface area contributed by atoms with Crippen LogP contribution in [0.1, 0.15) is 17.3 Å². The van der Waals surface area contributed by atoms with E-state index in [9.17, 15) is 14.7 Å². The van der Waals surface area contributed by atoms with Gasteiger partial charge in [0.15, 0.2) is 5.82 Å². The Hall–Kier alpha value is -4.63. The first kappa shape index (κ1) is 27.4. The summed E-state index contributed by atoms with van der Waals surface area (Å²) in [6, 6.07) is 23.2. The van der Waals surface area contributed by atoms with Crippen molar-refractivity contribution in [2.75, 3.05) is 36.8 Å². The van der Waals surface area contributed by atoms with Gasteiger partial charge in [0.2, 0.25) is 5.91 Å². The summed E-state index contributed by atoms with van der Waals surface area (Å²) in [6.45, 7) is 3.25. The molecular formula is C29H29ClN6O3. The van der Waals surface area contributed by atoms with Crippen LogP contribution < -0.4 is 21.3 Å². The lowest BCUT2D eigenvalue weighted by atomic mass is 10.0. The summed E-state index contributed by atoms with van der Waals surface area (Å²) in [5, 5.41) is 22.2. The van der Waals surface area contributed by atoms with E-state index in [1.807, 2.05) is 36.4 Å². The van der Waals surface area contributed by atoms with E-state index in [4.69, 9.17) is 11.6 Å². The number of benzene rings is 3. The number of hydrogen-bond donors (Lipinski definition) is 5. The van der Waals surface area contributed by atoms with Gasteiger partial charge in [-0.2, -0.15) is 0 Å². The lowest BCUT2D eigenvalue weighted by Crippen LogP contribution is -2.29. The van der Waals surface area contributed by atoms with E-state index in [0.717, 1.165) is 16.7 Å². The predicted molar refractivity (Wildman–Crippen MR) is 154 cm³/mol. The third kappa shape index (κ3) is 8.18. The van der Waals surface area contributed by atoms with E-state index in [0.29, 0.717) is 54.2 Å². The van der Waals surface area contributed by atoms with Gasteiger partial charge >= 0.3 is 0 Å². The molecule has 0 radical (unpaired) electrons. The summed E-state index contributed by atoms with van der Waals surface area (Å²) < 4.78 is 0. The minimum atomic E-state index is -0.182. The maximum atomic E-state index is 12.6. The summed E-state index contributed by atoms with van der Waals surface area (Å²) in [4.78, 5) is 32.9. The molecule has 0 saturated carbocycles. The Labute approximate surface area is 231 Å². The Morgan fingerprint density at radius 1 is 0.718 bits per heavy atom. The number of carbonyl (C=O) groups is 2. The molecule has 9 nitrogen and oxygen atoms in total. The van der Waals surface area contributed by atoms with Crippen LogP contribution in [-0.2, 0) is 4.79 Å². The average molecular weight is 545 g/mol. The van der Waals surface area contributed by atoms with Crippen LogP contribution in [0.2, 0.25) is 5.02 Å². The monoisotopic (exact) mass is 544 g/mol. The zero-order chi connectivity index (χ0) is 27.6. The largest absolute Gasteiger partial charge is 0.508 e. The molecule has 0 bridgehead atoms. The molecule has 0 spiro atoms. The van der Waals surface area contributed by atoms with E-state index in [-0.39, 0.29) is 17.6 Å². The van der Waals surface area contributed by atoms with Gasteiger partial charge in [-0.3, -0.25) is 9.59 Å². The van der Waals surface area contributed by atoms with Crippen molar-refractivity contribution < 1.29 is 14.7 Å². The molecule has 0 saturated heterocycles. The Balaban J connectivity index is 1.35. The first-order chi connectivity index (χ1) is 18.9. The van der Waals surface area contributed by atoms with Crippen molar-refractivity contribution in [2.45, 2.75) is 6.92 Å². The van der Waals surface area contributed by atoms with Gasteiger partial charge in [0.05, 0.1) is 0 Å². The van der Waals surface area contributed by atoms with Crippen molar-refractivity contribution in [3.63, 3.8) is 0 Å². The van der Waals surface area contributed by atoms with Gasteiger partial charge in [-0.1, -0.05) is 35.9 Å². The highest BCUT2D eigenvalue weighted by Crippen LogP contribution is 2.23. The lowest BCUT2D eigenvalue weighted by molar-refractivity contribution is -0.118. The highest BCUT2D eigenvalue weighted by molar-refractivity contribution is 6.30. The van der Waals surface area contributed by atoms with Crippen molar-refractivity contribution in [3.8, 4) is 28.3 Å². The molecule has 0 aliphatic carbocycles. The fourth-order valence-corrected chi connectivity index (χ4v) is 3.85. The van der Waals surface area contributed by atoms with Crippen molar-refractivity contribution in [1.29, 1.82) is 0 Å². The van der Waals surface area contributed by atoms with Gasteiger partial charge in [-0.05, 0) is 59.7 Å². The number of aromatic hydroxyl groups is 1. The summed E-state index contributed by atoms with van der Waals surface area (Å²) in [5.41, 5.74) is 3.26. The quantitative estimate of drug-likeness (QED) is 0.175. The number of nitrogens with zero attached hydrogens (tertiary/aromatic N) is 2. The van der Waals surface area contributed by atoms with Crippen LogP contribution in [0.5, 0.6) is 5.75 Å². The maximum absolute atomic E-state index is 12.6. The fourth-order valence-electron chi connectivity index (χ4n) is 3.72. The second kappa shape index (κ2) is 13.3. The van der Waals surface area contributed by atoms with Crippen molar-refractivity contribution >= 4 is 35.1 Å². The molecule has 0 fully saturated rings. The molecular weight excluding hydrogens is 516 g/mol. The molecule has 0 unspecified atom stereocenters. The number of aromatic nitrogens is 2. The Bertz CT molecular complexity index is 1410. The molecule has 2 amide bonds. The molecule has 5 N–H and O–H groups in total. The summed E-state index contributed by atoms with van der Waals surface area (Å²) in [5.74, 6) is 1.63. The molecule has 4 rings (SSSR count). The average Bonchev–Trinajstić information content (AvgIpc) is 2.94. The van der Waals surface area contributed by atoms with Gasteiger partial charge < -0.3 is 26.4 Å². The third-order valence-electron chi connectivity index (χ3n) is 5.70. The van der Waals surface area contributed by atoms with Gasteiger partial charge in [0.25, 0.3) is 5.91 Å². The summed E-state index contributed by atoms with van der Waals surface area (Å²) in [7, 11) is 0. The zero-order valence-corrected chi connectivity index (χ0v) is 22.1.